The third kappa shape index (κ3) is 4.86. The van der Waals surface area contributed by atoms with Crippen LogP contribution in [0.2, 0.25) is 0 Å². The van der Waals surface area contributed by atoms with E-state index in [0.29, 0.717) is 30.9 Å². The van der Waals surface area contributed by atoms with Gasteiger partial charge in [-0.05, 0) is 61.3 Å². The summed E-state index contributed by atoms with van der Waals surface area (Å²) in [6.45, 7) is 3.70. The van der Waals surface area contributed by atoms with E-state index < -0.39 is 5.91 Å². The van der Waals surface area contributed by atoms with Crippen molar-refractivity contribution in [2.24, 2.45) is 0 Å². The molecule has 0 radical (unpaired) electrons. The monoisotopic (exact) mass is 380 g/mol. The number of benzene rings is 2. The van der Waals surface area contributed by atoms with E-state index in [4.69, 9.17) is 9.47 Å². The summed E-state index contributed by atoms with van der Waals surface area (Å²) >= 11 is 0. The van der Waals surface area contributed by atoms with Crippen molar-refractivity contribution in [3.05, 3.63) is 53.3 Å². The van der Waals surface area contributed by atoms with Gasteiger partial charge in [0.15, 0.2) is 6.61 Å². The number of halogens is 2. The third-order valence-corrected chi connectivity index (χ3v) is 3.99. The topological polar surface area (TPSA) is 59.6 Å². The van der Waals surface area contributed by atoms with Crippen LogP contribution >= 0.6 is 12.4 Å². The van der Waals surface area contributed by atoms with Crippen molar-refractivity contribution in [3.63, 3.8) is 0 Å². The number of carbonyl (C=O) groups is 1. The standard InChI is InChI=1S/C19H21FN2O3.ClH/c1-2-24-14-4-6-15(7-5-14)25-12-18(23)22-17-8-3-13-11-21-10-9-16(13)19(17)20;/h3-8,21H,2,9-12H2,1H3,(H,22,23);1H. The summed E-state index contributed by atoms with van der Waals surface area (Å²) < 4.78 is 25.3. The van der Waals surface area contributed by atoms with Crippen molar-refractivity contribution in [1.29, 1.82) is 0 Å². The van der Waals surface area contributed by atoms with Crippen LogP contribution in [0.4, 0.5) is 10.1 Å². The van der Waals surface area contributed by atoms with Crippen molar-refractivity contribution in [3.8, 4) is 11.5 Å². The predicted octanol–water partition coefficient (Wildman–Crippen LogP) is 3.31. The maximum absolute atomic E-state index is 14.5. The van der Waals surface area contributed by atoms with Gasteiger partial charge in [0.25, 0.3) is 5.91 Å². The second-order valence-electron chi connectivity index (χ2n) is 5.73. The van der Waals surface area contributed by atoms with Gasteiger partial charge in [-0.3, -0.25) is 4.79 Å². The molecule has 0 bridgehead atoms. The molecule has 1 aliphatic heterocycles. The van der Waals surface area contributed by atoms with Gasteiger partial charge in [0.05, 0.1) is 12.3 Å². The van der Waals surface area contributed by atoms with Crippen molar-refractivity contribution >= 4 is 24.0 Å². The maximum atomic E-state index is 14.5. The third-order valence-electron chi connectivity index (χ3n) is 3.99. The number of carbonyl (C=O) groups excluding carboxylic acids is 1. The summed E-state index contributed by atoms with van der Waals surface area (Å²) in [5, 5.41) is 5.77. The van der Waals surface area contributed by atoms with E-state index >= 15 is 0 Å². The van der Waals surface area contributed by atoms with Crippen LogP contribution in [0.1, 0.15) is 18.1 Å². The molecule has 0 fully saturated rings. The molecule has 3 rings (SSSR count). The van der Waals surface area contributed by atoms with Gasteiger partial charge in [0.1, 0.15) is 17.3 Å². The van der Waals surface area contributed by atoms with Gasteiger partial charge in [-0.1, -0.05) is 6.07 Å². The number of hydrogen-bond donors (Lipinski definition) is 2. The summed E-state index contributed by atoms with van der Waals surface area (Å²) in [6.07, 6.45) is 0.619. The van der Waals surface area contributed by atoms with E-state index in [0.717, 1.165) is 17.9 Å². The molecule has 0 unspecified atom stereocenters. The number of ether oxygens (including phenoxy) is 2. The fourth-order valence-electron chi connectivity index (χ4n) is 2.76. The van der Waals surface area contributed by atoms with E-state index in [1.165, 1.54) is 0 Å². The molecular weight excluding hydrogens is 359 g/mol. The number of amides is 1. The van der Waals surface area contributed by atoms with Crippen LogP contribution in [0.25, 0.3) is 0 Å². The molecule has 0 saturated carbocycles. The summed E-state index contributed by atoms with van der Waals surface area (Å²) in [7, 11) is 0. The zero-order valence-electron chi connectivity index (χ0n) is 14.5. The maximum Gasteiger partial charge on any atom is 0.262 e. The lowest BCUT2D eigenvalue weighted by atomic mass is 9.99. The number of anilines is 1. The summed E-state index contributed by atoms with van der Waals surface area (Å²) in [5.41, 5.74) is 1.80. The highest BCUT2D eigenvalue weighted by molar-refractivity contribution is 5.92. The second kappa shape index (κ2) is 9.40. The average Bonchev–Trinajstić information content (AvgIpc) is 2.64. The van der Waals surface area contributed by atoms with E-state index in [1.807, 2.05) is 13.0 Å². The Morgan fingerprint density at radius 1 is 1.15 bits per heavy atom. The first-order valence-electron chi connectivity index (χ1n) is 8.34. The predicted molar refractivity (Wildman–Crippen MR) is 101 cm³/mol. The van der Waals surface area contributed by atoms with Crippen molar-refractivity contribution in [2.45, 2.75) is 19.9 Å². The molecule has 0 saturated heterocycles. The fourth-order valence-corrected chi connectivity index (χ4v) is 2.76. The quantitative estimate of drug-likeness (QED) is 0.807. The van der Waals surface area contributed by atoms with Gasteiger partial charge < -0.3 is 20.1 Å². The molecule has 2 aromatic carbocycles. The lowest BCUT2D eigenvalue weighted by Gasteiger charge is -2.19. The lowest BCUT2D eigenvalue weighted by Crippen LogP contribution is -2.26. The molecular formula is C19H22ClFN2O3. The molecule has 2 aromatic rings. The highest BCUT2D eigenvalue weighted by atomic mass is 35.5. The summed E-state index contributed by atoms with van der Waals surface area (Å²) in [4.78, 5) is 12.0. The second-order valence-corrected chi connectivity index (χ2v) is 5.73. The molecule has 0 spiro atoms. The zero-order valence-corrected chi connectivity index (χ0v) is 15.3. The largest absolute Gasteiger partial charge is 0.494 e. The Morgan fingerprint density at radius 2 is 1.85 bits per heavy atom. The number of nitrogens with one attached hydrogen (secondary N) is 2. The van der Waals surface area contributed by atoms with Crippen molar-refractivity contribution < 1.29 is 18.7 Å². The molecule has 0 aromatic heterocycles. The minimum atomic E-state index is -0.401. The molecule has 0 aliphatic carbocycles. The first-order chi connectivity index (χ1) is 12.2. The summed E-state index contributed by atoms with van der Waals surface area (Å²) in [6, 6.07) is 10.4. The van der Waals surface area contributed by atoms with Crippen LogP contribution in [0.5, 0.6) is 11.5 Å². The highest BCUT2D eigenvalue weighted by Gasteiger charge is 2.17. The van der Waals surface area contributed by atoms with Crippen LogP contribution in [0.15, 0.2) is 36.4 Å². The van der Waals surface area contributed by atoms with Crippen LogP contribution in [-0.4, -0.2) is 25.7 Å². The van der Waals surface area contributed by atoms with E-state index in [1.54, 1.807) is 30.3 Å². The summed E-state index contributed by atoms with van der Waals surface area (Å²) in [5.74, 6) is 0.538. The first kappa shape index (κ1) is 20.0. The SMILES string of the molecule is CCOc1ccc(OCC(=O)Nc2ccc3c(c2F)CCNC3)cc1.Cl. The van der Waals surface area contributed by atoms with Gasteiger partial charge in [-0.2, -0.15) is 0 Å². The molecule has 2 N–H and O–H groups in total. The van der Waals surface area contributed by atoms with Crippen LogP contribution in [0.3, 0.4) is 0 Å². The number of fused-ring (bicyclic) bond motifs is 1. The highest BCUT2D eigenvalue weighted by Crippen LogP contribution is 2.24. The van der Waals surface area contributed by atoms with E-state index in [2.05, 4.69) is 10.6 Å². The first-order valence-corrected chi connectivity index (χ1v) is 8.34. The van der Waals surface area contributed by atoms with Gasteiger partial charge in [0, 0.05) is 6.54 Å². The number of rotatable bonds is 6. The molecule has 1 amide bonds. The molecule has 1 aliphatic rings. The van der Waals surface area contributed by atoms with Crippen LogP contribution < -0.4 is 20.1 Å². The molecule has 5 nitrogen and oxygen atoms in total. The smallest absolute Gasteiger partial charge is 0.262 e. The zero-order chi connectivity index (χ0) is 17.6. The Bertz CT molecular complexity index is 753. The van der Waals surface area contributed by atoms with Crippen molar-refractivity contribution in [1.82, 2.24) is 5.32 Å². The van der Waals surface area contributed by atoms with Gasteiger partial charge in [-0.15, -0.1) is 12.4 Å². The minimum Gasteiger partial charge on any atom is -0.494 e. The average molecular weight is 381 g/mol. The Labute approximate surface area is 158 Å². The molecule has 7 heteroatoms. The van der Waals surface area contributed by atoms with Crippen LogP contribution in [-0.2, 0) is 17.8 Å². The van der Waals surface area contributed by atoms with Gasteiger partial charge in [-0.25, -0.2) is 4.39 Å². The number of hydrogen-bond acceptors (Lipinski definition) is 4. The molecule has 1 heterocycles. The lowest BCUT2D eigenvalue weighted by molar-refractivity contribution is -0.118. The van der Waals surface area contributed by atoms with Crippen molar-refractivity contribution in [2.75, 3.05) is 25.1 Å². The fraction of sp³-hybridized carbons (Fsp3) is 0.316. The Kier molecular flexibility index (Phi) is 7.24. The Morgan fingerprint density at radius 3 is 2.54 bits per heavy atom. The molecule has 26 heavy (non-hydrogen) atoms. The van der Waals surface area contributed by atoms with Crippen LogP contribution in [0, 0.1) is 5.82 Å². The molecule has 0 atom stereocenters. The van der Waals surface area contributed by atoms with Gasteiger partial charge >= 0.3 is 0 Å². The van der Waals surface area contributed by atoms with Gasteiger partial charge in [0.2, 0.25) is 0 Å². The molecule has 140 valence electrons. The minimum absolute atomic E-state index is 0. The Balaban J connectivity index is 0.00000243. The van der Waals surface area contributed by atoms with E-state index in [9.17, 15) is 9.18 Å². The normalized spacial score (nSPS) is 12.5. The Hall–Kier alpha value is -2.31. The van der Waals surface area contributed by atoms with E-state index in [-0.39, 0.29) is 30.5 Å².